The van der Waals surface area contributed by atoms with E-state index in [0.29, 0.717) is 19.1 Å². The first-order valence-electron chi connectivity index (χ1n) is 7.71. The summed E-state index contributed by atoms with van der Waals surface area (Å²) in [5, 5.41) is 13.0. The molecule has 0 spiro atoms. The van der Waals surface area contributed by atoms with E-state index in [4.69, 9.17) is 4.74 Å². The highest BCUT2D eigenvalue weighted by molar-refractivity contribution is 4.60. The average molecular weight is 259 g/mol. The fraction of sp³-hybridized carbons (Fsp3) is 1.00. The normalized spacial score (nSPS) is 14.7. The molecule has 0 heterocycles. The zero-order valence-corrected chi connectivity index (χ0v) is 12.6. The quantitative estimate of drug-likeness (QED) is 0.500. The first-order valence-corrected chi connectivity index (χ1v) is 7.71. The lowest BCUT2D eigenvalue weighted by atomic mass is 10.0. The molecular weight excluding hydrogens is 226 g/mol. The fourth-order valence-corrected chi connectivity index (χ4v) is 1.90. The molecule has 0 saturated heterocycles. The van der Waals surface area contributed by atoms with E-state index < -0.39 is 0 Å². The van der Waals surface area contributed by atoms with Gasteiger partial charge in [0, 0.05) is 13.2 Å². The standard InChI is InChI=1S/C15H33NO2/c1-4-7-9-14(6-3)12-18-13-15(17)11-16-10-8-5-2/h14-17H,4-13H2,1-3H3. The second kappa shape index (κ2) is 13.3. The van der Waals surface area contributed by atoms with Gasteiger partial charge < -0.3 is 15.2 Å². The first kappa shape index (κ1) is 17.9. The van der Waals surface area contributed by atoms with Gasteiger partial charge in [-0.15, -0.1) is 0 Å². The fourth-order valence-electron chi connectivity index (χ4n) is 1.90. The third-order valence-electron chi connectivity index (χ3n) is 3.29. The van der Waals surface area contributed by atoms with Gasteiger partial charge in [0.1, 0.15) is 0 Å². The van der Waals surface area contributed by atoms with Crippen molar-refractivity contribution in [2.75, 3.05) is 26.3 Å². The van der Waals surface area contributed by atoms with E-state index in [1.807, 2.05) is 0 Å². The van der Waals surface area contributed by atoms with E-state index in [1.165, 1.54) is 38.5 Å². The van der Waals surface area contributed by atoms with Gasteiger partial charge in [-0.05, 0) is 25.3 Å². The van der Waals surface area contributed by atoms with Crippen molar-refractivity contribution in [2.45, 2.75) is 65.4 Å². The van der Waals surface area contributed by atoms with Gasteiger partial charge in [0.2, 0.25) is 0 Å². The lowest BCUT2D eigenvalue weighted by molar-refractivity contribution is 0.0194. The number of aliphatic hydroxyl groups excluding tert-OH is 1. The third kappa shape index (κ3) is 11.0. The van der Waals surface area contributed by atoms with Crippen LogP contribution in [-0.4, -0.2) is 37.5 Å². The van der Waals surface area contributed by atoms with Gasteiger partial charge in [0.15, 0.2) is 0 Å². The van der Waals surface area contributed by atoms with Crippen molar-refractivity contribution >= 4 is 0 Å². The van der Waals surface area contributed by atoms with Crippen molar-refractivity contribution in [1.82, 2.24) is 5.32 Å². The van der Waals surface area contributed by atoms with Crippen LogP contribution in [0.1, 0.15) is 59.3 Å². The molecule has 0 aliphatic carbocycles. The van der Waals surface area contributed by atoms with Crippen LogP contribution in [-0.2, 0) is 4.74 Å². The van der Waals surface area contributed by atoms with Crippen LogP contribution in [0, 0.1) is 5.92 Å². The minimum Gasteiger partial charge on any atom is -0.389 e. The molecule has 0 aliphatic rings. The molecule has 2 N–H and O–H groups in total. The predicted octanol–water partition coefficient (Wildman–Crippen LogP) is 2.97. The number of nitrogens with one attached hydrogen (secondary N) is 1. The Morgan fingerprint density at radius 1 is 1.06 bits per heavy atom. The molecule has 0 fully saturated rings. The summed E-state index contributed by atoms with van der Waals surface area (Å²) in [7, 11) is 0. The molecule has 0 saturated carbocycles. The second-order valence-electron chi connectivity index (χ2n) is 5.17. The Labute approximate surface area is 113 Å². The predicted molar refractivity (Wildman–Crippen MR) is 77.9 cm³/mol. The van der Waals surface area contributed by atoms with Crippen LogP contribution in [0.3, 0.4) is 0 Å². The second-order valence-corrected chi connectivity index (χ2v) is 5.17. The molecule has 110 valence electrons. The van der Waals surface area contributed by atoms with Gasteiger partial charge in [-0.1, -0.05) is 46.5 Å². The largest absolute Gasteiger partial charge is 0.389 e. The highest BCUT2D eigenvalue weighted by Gasteiger charge is 2.08. The van der Waals surface area contributed by atoms with Crippen LogP contribution in [0.15, 0.2) is 0 Å². The molecule has 0 bridgehead atoms. The van der Waals surface area contributed by atoms with Gasteiger partial charge in [-0.3, -0.25) is 0 Å². The maximum absolute atomic E-state index is 9.72. The monoisotopic (exact) mass is 259 g/mol. The lowest BCUT2D eigenvalue weighted by Crippen LogP contribution is -2.31. The summed E-state index contributed by atoms with van der Waals surface area (Å²) >= 11 is 0. The Kier molecular flexibility index (Phi) is 13.2. The lowest BCUT2D eigenvalue weighted by Gasteiger charge is -2.17. The number of unbranched alkanes of at least 4 members (excludes halogenated alkanes) is 2. The van der Waals surface area contributed by atoms with Crippen molar-refractivity contribution in [3.63, 3.8) is 0 Å². The number of hydrogen-bond acceptors (Lipinski definition) is 3. The SMILES string of the molecule is CCCCNCC(O)COCC(CC)CCCC. The molecular formula is C15H33NO2. The summed E-state index contributed by atoms with van der Waals surface area (Å²) in [4.78, 5) is 0. The first-order chi connectivity index (χ1) is 8.74. The minimum atomic E-state index is -0.370. The number of ether oxygens (including phenoxy) is 1. The Bertz CT molecular complexity index is 165. The molecule has 3 nitrogen and oxygen atoms in total. The summed E-state index contributed by atoms with van der Waals surface area (Å²) in [5.41, 5.74) is 0. The van der Waals surface area contributed by atoms with Crippen LogP contribution in [0.2, 0.25) is 0 Å². The van der Waals surface area contributed by atoms with E-state index in [1.54, 1.807) is 0 Å². The van der Waals surface area contributed by atoms with Crippen molar-refractivity contribution < 1.29 is 9.84 Å². The minimum absolute atomic E-state index is 0.370. The molecule has 0 radical (unpaired) electrons. The Hall–Kier alpha value is -0.120. The van der Waals surface area contributed by atoms with Gasteiger partial charge in [-0.2, -0.15) is 0 Å². The van der Waals surface area contributed by atoms with E-state index in [0.717, 1.165) is 13.2 Å². The van der Waals surface area contributed by atoms with Gasteiger partial charge >= 0.3 is 0 Å². The summed E-state index contributed by atoms with van der Waals surface area (Å²) in [6.45, 7) is 9.49. The van der Waals surface area contributed by atoms with Gasteiger partial charge in [0.05, 0.1) is 12.7 Å². The van der Waals surface area contributed by atoms with Gasteiger partial charge in [0.25, 0.3) is 0 Å². The van der Waals surface area contributed by atoms with E-state index in [2.05, 4.69) is 26.1 Å². The van der Waals surface area contributed by atoms with E-state index in [9.17, 15) is 5.11 Å². The van der Waals surface area contributed by atoms with Crippen LogP contribution >= 0.6 is 0 Å². The van der Waals surface area contributed by atoms with Crippen molar-refractivity contribution in [3.8, 4) is 0 Å². The molecule has 0 rings (SSSR count). The maximum Gasteiger partial charge on any atom is 0.0897 e. The zero-order valence-electron chi connectivity index (χ0n) is 12.6. The number of hydrogen-bond donors (Lipinski definition) is 2. The molecule has 2 atom stereocenters. The number of aliphatic hydroxyl groups is 1. The van der Waals surface area contributed by atoms with Crippen molar-refractivity contribution in [3.05, 3.63) is 0 Å². The van der Waals surface area contributed by atoms with Gasteiger partial charge in [-0.25, -0.2) is 0 Å². The molecule has 0 aromatic carbocycles. The summed E-state index contributed by atoms with van der Waals surface area (Å²) < 4.78 is 5.61. The molecule has 0 amide bonds. The summed E-state index contributed by atoms with van der Waals surface area (Å²) in [5.74, 6) is 0.658. The molecule has 3 heteroatoms. The summed E-state index contributed by atoms with van der Waals surface area (Å²) in [6, 6.07) is 0. The zero-order chi connectivity index (χ0) is 13.6. The Morgan fingerprint density at radius 2 is 1.78 bits per heavy atom. The molecule has 0 aromatic heterocycles. The van der Waals surface area contributed by atoms with Crippen LogP contribution < -0.4 is 5.32 Å². The molecule has 0 aliphatic heterocycles. The smallest absolute Gasteiger partial charge is 0.0897 e. The van der Waals surface area contributed by atoms with Crippen LogP contribution in [0.4, 0.5) is 0 Å². The molecule has 18 heavy (non-hydrogen) atoms. The highest BCUT2D eigenvalue weighted by Crippen LogP contribution is 2.12. The Balaban J connectivity index is 3.43. The van der Waals surface area contributed by atoms with Crippen molar-refractivity contribution in [1.29, 1.82) is 0 Å². The topological polar surface area (TPSA) is 41.5 Å². The maximum atomic E-state index is 9.72. The van der Waals surface area contributed by atoms with Crippen LogP contribution in [0.25, 0.3) is 0 Å². The highest BCUT2D eigenvalue weighted by atomic mass is 16.5. The number of rotatable bonds is 13. The van der Waals surface area contributed by atoms with Crippen molar-refractivity contribution in [2.24, 2.45) is 5.92 Å². The summed E-state index contributed by atoms with van der Waals surface area (Å²) in [6.07, 6.45) is 6.94. The average Bonchev–Trinajstić information content (AvgIpc) is 2.38. The molecule has 2 unspecified atom stereocenters. The van der Waals surface area contributed by atoms with E-state index >= 15 is 0 Å². The third-order valence-corrected chi connectivity index (χ3v) is 3.29. The van der Waals surface area contributed by atoms with Crippen LogP contribution in [0.5, 0.6) is 0 Å². The molecule has 0 aromatic rings. The van der Waals surface area contributed by atoms with E-state index in [-0.39, 0.29) is 6.10 Å². The Morgan fingerprint density at radius 3 is 2.39 bits per heavy atom.